The molecule has 0 bridgehead atoms. The van der Waals surface area contributed by atoms with Crippen molar-refractivity contribution in [2.24, 2.45) is 0 Å². The molecule has 8 heteroatoms. The van der Waals surface area contributed by atoms with Crippen molar-refractivity contribution in [1.29, 1.82) is 0 Å². The molecule has 0 unspecified atom stereocenters. The Balaban J connectivity index is 1.89. The summed E-state index contributed by atoms with van der Waals surface area (Å²) in [6.45, 7) is 0. The second-order valence-electron chi connectivity index (χ2n) is 5.28. The van der Waals surface area contributed by atoms with E-state index in [-0.39, 0.29) is 5.69 Å². The third-order valence-electron chi connectivity index (χ3n) is 3.71. The van der Waals surface area contributed by atoms with E-state index in [4.69, 9.17) is 9.47 Å². The van der Waals surface area contributed by atoms with E-state index in [1.807, 2.05) is 0 Å². The molecule has 0 fully saturated rings. The highest BCUT2D eigenvalue weighted by Crippen LogP contribution is 2.32. The number of rotatable bonds is 5. The molecule has 2 N–H and O–H groups in total. The summed E-state index contributed by atoms with van der Waals surface area (Å²) >= 11 is 0. The lowest BCUT2D eigenvalue weighted by atomic mass is 10.1. The molecule has 0 aliphatic heterocycles. The Kier molecular flexibility index (Phi) is 4.83. The number of nitrogens with one attached hydrogen (secondary N) is 2. The summed E-state index contributed by atoms with van der Waals surface area (Å²) in [5.41, 5.74) is 0.527. The van der Waals surface area contributed by atoms with Crippen LogP contribution in [0.5, 0.6) is 11.5 Å². The van der Waals surface area contributed by atoms with Crippen molar-refractivity contribution in [2.75, 3.05) is 19.5 Å². The molecule has 0 aliphatic carbocycles. The number of amides is 1. The number of ether oxygens (including phenoxy) is 2. The van der Waals surface area contributed by atoms with Gasteiger partial charge in [-0.3, -0.25) is 9.89 Å². The number of para-hydroxylation sites is 1. The van der Waals surface area contributed by atoms with Gasteiger partial charge >= 0.3 is 0 Å². The highest BCUT2D eigenvalue weighted by molar-refractivity contribution is 6.03. The molecule has 134 valence electrons. The van der Waals surface area contributed by atoms with E-state index in [1.165, 1.54) is 26.4 Å². The van der Waals surface area contributed by atoms with Gasteiger partial charge in [0.25, 0.3) is 5.91 Å². The standard InChI is InChI=1S/C18H15F2N3O3/c1-25-10-6-7-16(26-2)11(8-10)14-9-15(23-22-14)18(24)21-17-12(19)4-3-5-13(17)20/h3-9H,1-2H3,(H,21,24)(H,22,23). The van der Waals surface area contributed by atoms with Gasteiger partial charge in [-0.1, -0.05) is 6.07 Å². The predicted molar refractivity (Wildman–Crippen MR) is 91.4 cm³/mol. The van der Waals surface area contributed by atoms with Crippen molar-refractivity contribution >= 4 is 11.6 Å². The van der Waals surface area contributed by atoms with Crippen LogP contribution in [0.3, 0.4) is 0 Å². The van der Waals surface area contributed by atoms with Crippen LogP contribution in [0.2, 0.25) is 0 Å². The number of halogens is 2. The zero-order valence-corrected chi connectivity index (χ0v) is 14.0. The molecule has 6 nitrogen and oxygen atoms in total. The van der Waals surface area contributed by atoms with E-state index >= 15 is 0 Å². The zero-order valence-electron chi connectivity index (χ0n) is 14.0. The Morgan fingerprint density at radius 2 is 1.81 bits per heavy atom. The number of hydrogen-bond donors (Lipinski definition) is 2. The molecule has 0 spiro atoms. The van der Waals surface area contributed by atoms with Crippen LogP contribution in [0.1, 0.15) is 10.5 Å². The van der Waals surface area contributed by atoms with Gasteiger partial charge in [-0.2, -0.15) is 5.10 Å². The predicted octanol–water partition coefficient (Wildman–Crippen LogP) is 3.62. The SMILES string of the molecule is COc1ccc(OC)c(-c2cc(C(=O)Nc3c(F)cccc3F)[nH]n2)c1. The lowest BCUT2D eigenvalue weighted by molar-refractivity contribution is 0.102. The molecule has 1 heterocycles. The fourth-order valence-electron chi connectivity index (χ4n) is 2.39. The van der Waals surface area contributed by atoms with Crippen molar-refractivity contribution in [3.8, 4) is 22.8 Å². The maximum absolute atomic E-state index is 13.7. The Hall–Kier alpha value is -3.42. The summed E-state index contributed by atoms with van der Waals surface area (Å²) in [5, 5.41) is 8.81. The summed E-state index contributed by atoms with van der Waals surface area (Å²) in [4.78, 5) is 12.3. The Labute approximate surface area is 147 Å². The molecule has 1 amide bonds. The van der Waals surface area contributed by atoms with E-state index in [1.54, 1.807) is 18.2 Å². The van der Waals surface area contributed by atoms with Crippen molar-refractivity contribution in [2.45, 2.75) is 0 Å². The van der Waals surface area contributed by atoms with E-state index in [2.05, 4.69) is 15.5 Å². The maximum atomic E-state index is 13.7. The Morgan fingerprint density at radius 1 is 1.08 bits per heavy atom. The Morgan fingerprint density at radius 3 is 2.46 bits per heavy atom. The number of nitrogens with zero attached hydrogens (tertiary/aromatic N) is 1. The molecular formula is C18H15F2N3O3. The van der Waals surface area contributed by atoms with Crippen LogP contribution in [-0.2, 0) is 0 Å². The van der Waals surface area contributed by atoms with Crippen molar-refractivity contribution < 1.29 is 23.0 Å². The van der Waals surface area contributed by atoms with E-state index < -0.39 is 23.2 Å². The summed E-state index contributed by atoms with van der Waals surface area (Å²) in [5.74, 6) is -1.35. The van der Waals surface area contributed by atoms with Gasteiger partial charge in [0.1, 0.15) is 34.5 Å². The van der Waals surface area contributed by atoms with Crippen LogP contribution in [0.4, 0.5) is 14.5 Å². The molecular weight excluding hydrogens is 344 g/mol. The first kappa shape index (κ1) is 17.4. The highest BCUT2D eigenvalue weighted by atomic mass is 19.1. The molecule has 2 aromatic carbocycles. The molecule has 0 aliphatic rings. The number of methoxy groups -OCH3 is 2. The number of anilines is 1. The molecule has 0 radical (unpaired) electrons. The van der Waals surface area contributed by atoms with Crippen LogP contribution < -0.4 is 14.8 Å². The van der Waals surface area contributed by atoms with Crippen LogP contribution in [0.25, 0.3) is 11.3 Å². The minimum absolute atomic E-state index is 0.0347. The first-order valence-corrected chi connectivity index (χ1v) is 7.56. The summed E-state index contributed by atoms with van der Waals surface area (Å²) in [6.07, 6.45) is 0. The fourth-order valence-corrected chi connectivity index (χ4v) is 2.39. The quantitative estimate of drug-likeness (QED) is 0.729. The number of aromatic nitrogens is 2. The Bertz CT molecular complexity index is 936. The minimum Gasteiger partial charge on any atom is -0.497 e. The molecule has 0 saturated carbocycles. The first-order chi connectivity index (χ1) is 12.5. The van der Waals surface area contributed by atoms with Gasteiger partial charge in [0.2, 0.25) is 0 Å². The number of benzene rings is 2. The zero-order chi connectivity index (χ0) is 18.7. The number of hydrogen-bond acceptors (Lipinski definition) is 4. The van der Waals surface area contributed by atoms with Gasteiger partial charge in [-0.15, -0.1) is 0 Å². The lowest BCUT2D eigenvalue weighted by Crippen LogP contribution is -2.14. The van der Waals surface area contributed by atoms with Crippen LogP contribution in [0, 0.1) is 11.6 Å². The topological polar surface area (TPSA) is 76.2 Å². The third kappa shape index (κ3) is 3.34. The largest absolute Gasteiger partial charge is 0.497 e. The van der Waals surface area contributed by atoms with Crippen molar-refractivity contribution in [3.63, 3.8) is 0 Å². The van der Waals surface area contributed by atoms with E-state index in [9.17, 15) is 13.6 Å². The van der Waals surface area contributed by atoms with Gasteiger partial charge in [-0.25, -0.2) is 8.78 Å². The fraction of sp³-hybridized carbons (Fsp3) is 0.111. The monoisotopic (exact) mass is 359 g/mol. The van der Waals surface area contributed by atoms with E-state index in [0.717, 1.165) is 12.1 Å². The van der Waals surface area contributed by atoms with Gasteiger partial charge in [0.15, 0.2) is 0 Å². The highest BCUT2D eigenvalue weighted by Gasteiger charge is 2.17. The summed E-state index contributed by atoms with van der Waals surface area (Å²) in [6, 6.07) is 9.90. The number of carbonyl (C=O) groups is 1. The molecule has 1 aromatic heterocycles. The van der Waals surface area contributed by atoms with Gasteiger partial charge in [0.05, 0.1) is 19.9 Å². The average Bonchev–Trinajstić information content (AvgIpc) is 3.14. The van der Waals surface area contributed by atoms with Crippen molar-refractivity contribution in [3.05, 3.63) is 59.8 Å². The van der Waals surface area contributed by atoms with E-state index in [0.29, 0.717) is 22.8 Å². The number of H-pyrrole nitrogens is 1. The smallest absolute Gasteiger partial charge is 0.273 e. The second-order valence-corrected chi connectivity index (χ2v) is 5.28. The third-order valence-corrected chi connectivity index (χ3v) is 3.71. The van der Waals surface area contributed by atoms with Crippen LogP contribution >= 0.6 is 0 Å². The summed E-state index contributed by atoms with van der Waals surface area (Å²) in [7, 11) is 3.03. The number of aromatic amines is 1. The normalized spacial score (nSPS) is 10.5. The number of carbonyl (C=O) groups excluding carboxylic acids is 1. The molecule has 26 heavy (non-hydrogen) atoms. The van der Waals surface area contributed by atoms with Crippen LogP contribution in [-0.4, -0.2) is 30.3 Å². The average molecular weight is 359 g/mol. The molecule has 0 saturated heterocycles. The molecule has 0 atom stereocenters. The minimum atomic E-state index is -0.868. The molecule has 3 rings (SSSR count). The lowest BCUT2D eigenvalue weighted by Gasteiger charge is -2.08. The first-order valence-electron chi connectivity index (χ1n) is 7.56. The van der Waals surface area contributed by atoms with Gasteiger partial charge in [-0.05, 0) is 36.4 Å². The van der Waals surface area contributed by atoms with Gasteiger partial charge in [0, 0.05) is 5.56 Å². The molecule has 3 aromatic rings. The van der Waals surface area contributed by atoms with Crippen molar-refractivity contribution in [1.82, 2.24) is 10.2 Å². The van der Waals surface area contributed by atoms with Crippen LogP contribution in [0.15, 0.2) is 42.5 Å². The maximum Gasteiger partial charge on any atom is 0.273 e. The second kappa shape index (κ2) is 7.22. The summed E-state index contributed by atoms with van der Waals surface area (Å²) < 4.78 is 37.8. The van der Waals surface area contributed by atoms with Gasteiger partial charge < -0.3 is 14.8 Å².